The number of amides is 1. The minimum Gasteiger partial charge on any atom is -0.382 e. The topological polar surface area (TPSA) is 99.8 Å². The molecule has 2 rings (SSSR count). The predicted molar refractivity (Wildman–Crippen MR) is 83.0 cm³/mol. The first-order valence-corrected chi connectivity index (χ1v) is 6.82. The highest BCUT2D eigenvalue weighted by molar-refractivity contribution is 6.66. The monoisotopic (exact) mass is 345 g/mol. The minimum atomic E-state index is -0.720. The third-order valence-electron chi connectivity index (χ3n) is 2.71. The lowest BCUT2D eigenvalue weighted by Crippen LogP contribution is -2.14. The number of nitrogens with zero attached hydrogens (tertiary/aromatic N) is 3. The van der Waals surface area contributed by atoms with E-state index in [0.29, 0.717) is 12.1 Å². The Morgan fingerprint density at radius 3 is 2.29 bits per heavy atom. The van der Waals surface area contributed by atoms with E-state index >= 15 is 0 Å². The first-order chi connectivity index (χ1) is 9.90. The zero-order valence-electron chi connectivity index (χ0n) is 10.6. The molecule has 110 valence electrons. The summed E-state index contributed by atoms with van der Waals surface area (Å²) < 4.78 is 1.37. The molecule has 1 aromatic heterocycles. The highest BCUT2D eigenvalue weighted by Gasteiger charge is 2.14. The van der Waals surface area contributed by atoms with E-state index in [9.17, 15) is 4.79 Å². The molecule has 0 saturated carbocycles. The number of carbonyl (C=O) groups is 1. The fraction of sp³-hybridized carbons (Fsp3) is 0.0833. The summed E-state index contributed by atoms with van der Waals surface area (Å²) in [6, 6.07) is 7.12. The molecule has 0 spiro atoms. The van der Waals surface area contributed by atoms with Crippen LogP contribution in [0.3, 0.4) is 0 Å². The standard InChI is InChI=1S/C12H10Cl3N5O/c13-8(10(14)15)7-3-1-6(2-4-7)5-20-11(16)9(12(17)21)18-19-20/h1-4H,5,16H2,(H2,17,21). The van der Waals surface area contributed by atoms with E-state index in [-0.39, 0.29) is 21.0 Å². The van der Waals surface area contributed by atoms with Crippen LogP contribution in [0.15, 0.2) is 28.8 Å². The highest BCUT2D eigenvalue weighted by Crippen LogP contribution is 2.28. The van der Waals surface area contributed by atoms with E-state index in [1.807, 2.05) is 0 Å². The molecule has 0 aliphatic rings. The summed E-state index contributed by atoms with van der Waals surface area (Å²) in [6.45, 7) is 0.336. The van der Waals surface area contributed by atoms with Crippen LogP contribution in [-0.4, -0.2) is 20.9 Å². The predicted octanol–water partition coefficient (Wildman–Crippen LogP) is 2.35. The van der Waals surface area contributed by atoms with E-state index in [1.54, 1.807) is 24.3 Å². The maximum atomic E-state index is 11.1. The van der Waals surface area contributed by atoms with Gasteiger partial charge in [0, 0.05) is 0 Å². The smallest absolute Gasteiger partial charge is 0.273 e. The number of hydrogen-bond donors (Lipinski definition) is 2. The lowest BCUT2D eigenvalue weighted by atomic mass is 10.1. The van der Waals surface area contributed by atoms with Gasteiger partial charge >= 0.3 is 0 Å². The number of nitrogens with two attached hydrogens (primary N) is 2. The van der Waals surface area contributed by atoms with E-state index in [1.165, 1.54) is 4.68 Å². The van der Waals surface area contributed by atoms with Crippen molar-refractivity contribution in [2.45, 2.75) is 6.54 Å². The fourth-order valence-electron chi connectivity index (χ4n) is 1.65. The molecule has 4 N–H and O–H groups in total. The van der Waals surface area contributed by atoms with Gasteiger partial charge in [0.1, 0.15) is 4.49 Å². The van der Waals surface area contributed by atoms with Crippen molar-refractivity contribution in [1.29, 1.82) is 0 Å². The van der Waals surface area contributed by atoms with Gasteiger partial charge in [0.25, 0.3) is 5.91 Å². The SMILES string of the molecule is NC(=O)c1nnn(Cc2ccc(C(Cl)=C(Cl)Cl)cc2)c1N. The van der Waals surface area contributed by atoms with Gasteiger partial charge in [-0.15, -0.1) is 5.10 Å². The van der Waals surface area contributed by atoms with Gasteiger partial charge in [0.15, 0.2) is 11.5 Å². The number of carbonyl (C=O) groups excluding carboxylic acids is 1. The molecular formula is C12H10Cl3N5O. The molecule has 0 saturated heterocycles. The van der Waals surface area contributed by atoms with Crippen LogP contribution < -0.4 is 11.5 Å². The summed E-state index contributed by atoms with van der Waals surface area (Å²) in [7, 11) is 0. The van der Waals surface area contributed by atoms with Crippen molar-refractivity contribution in [3.05, 3.63) is 45.6 Å². The molecular weight excluding hydrogens is 337 g/mol. The molecule has 0 fully saturated rings. The Labute approximate surface area is 135 Å². The quantitative estimate of drug-likeness (QED) is 0.887. The molecule has 0 radical (unpaired) electrons. The first kappa shape index (κ1) is 15.6. The average molecular weight is 347 g/mol. The van der Waals surface area contributed by atoms with E-state index < -0.39 is 5.91 Å². The van der Waals surface area contributed by atoms with Gasteiger partial charge in [0.05, 0.1) is 11.6 Å². The van der Waals surface area contributed by atoms with E-state index in [2.05, 4.69) is 10.3 Å². The van der Waals surface area contributed by atoms with Crippen molar-refractivity contribution in [3.63, 3.8) is 0 Å². The first-order valence-electron chi connectivity index (χ1n) is 5.69. The maximum absolute atomic E-state index is 11.1. The summed E-state index contributed by atoms with van der Waals surface area (Å²) in [5.74, 6) is -0.601. The third-order valence-corrected chi connectivity index (χ3v) is 3.69. The molecule has 0 aliphatic carbocycles. The molecule has 0 unspecified atom stereocenters. The third kappa shape index (κ3) is 3.47. The molecule has 9 heteroatoms. The Morgan fingerprint density at radius 2 is 1.81 bits per heavy atom. The Morgan fingerprint density at radius 1 is 1.19 bits per heavy atom. The van der Waals surface area contributed by atoms with Crippen LogP contribution in [0.1, 0.15) is 21.6 Å². The van der Waals surface area contributed by atoms with Gasteiger partial charge in [-0.05, 0) is 11.1 Å². The largest absolute Gasteiger partial charge is 0.382 e. The second kappa shape index (κ2) is 6.34. The van der Waals surface area contributed by atoms with Gasteiger partial charge in [-0.2, -0.15) is 0 Å². The van der Waals surface area contributed by atoms with Crippen molar-refractivity contribution in [3.8, 4) is 0 Å². The zero-order chi connectivity index (χ0) is 15.6. The van der Waals surface area contributed by atoms with Gasteiger partial charge in [-0.3, -0.25) is 4.79 Å². The molecule has 1 heterocycles. The number of aromatic nitrogens is 3. The Balaban J connectivity index is 2.22. The van der Waals surface area contributed by atoms with Gasteiger partial charge in [-0.1, -0.05) is 64.3 Å². The second-order valence-electron chi connectivity index (χ2n) is 4.12. The molecule has 6 nitrogen and oxygen atoms in total. The number of nitrogen functional groups attached to an aromatic ring is 1. The van der Waals surface area contributed by atoms with Crippen LogP contribution in [0.25, 0.3) is 5.03 Å². The maximum Gasteiger partial charge on any atom is 0.273 e. The number of halogens is 3. The zero-order valence-corrected chi connectivity index (χ0v) is 12.8. The summed E-state index contributed by atoms with van der Waals surface area (Å²) in [5.41, 5.74) is 12.4. The van der Waals surface area contributed by atoms with E-state index in [0.717, 1.165) is 5.56 Å². The Kier molecular flexibility index (Phi) is 4.72. The number of hydrogen-bond acceptors (Lipinski definition) is 4. The van der Waals surface area contributed by atoms with Crippen molar-refractivity contribution in [1.82, 2.24) is 15.0 Å². The van der Waals surface area contributed by atoms with Gasteiger partial charge in [-0.25, -0.2) is 4.68 Å². The van der Waals surface area contributed by atoms with Crippen LogP contribution in [0.5, 0.6) is 0 Å². The van der Waals surface area contributed by atoms with Crippen molar-refractivity contribution in [2.24, 2.45) is 5.73 Å². The van der Waals surface area contributed by atoms with Crippen LogP contribution in [0.2, 0.25) is 0 Å². The molecule has 1 amide bonds. The Hall–Kier alpha value is -1.76. The lowest BCUT2D eigenvalue weighted by Gasteiger charge is -2.05. The summed E-state index contributed by atoms with van der Waals surface area (Å²) in [4.78, 5) is 11.1. The van der Waals surface area contributed by atoms with Crippen molar-refractivity contribution < 1.29 is 4.79 Å². The highest BCUT2D eigenvalue weighted by atomic mass is 35.5. The molecule has 21 heavy (non-hydrogen) atoms. The molecule has 0 atom stereocenters. The molecule has 0 bridgehead atoms. The van der Waals surface area contributed by atoms with Crippen LogP contribution in [0.4, 0.5) is 5.82 Å². The number of primary amides is 1. The van der Waals surface area contributed by atoms with Crippen molar-refractivity contribution >= 4 is 51.6 Å². The average Bonchev–Trinajstić information content (AvgIpc) is 2.80. The molecule has 1 aromatic carbocycles. The molecule has 2 aromatic rings. The minimum absolute atomic E-state index is 0.00367. The second-order valence-corrected chi connectivity index (χ2v) is 5.44. The van der Waals surface area contributed by atoms with Crippen LogP contribution >= 0.6 is 34.8 Å². The summed E-state index contributed by atoms with van der Waals surface area (Å²) >= 11 is 17.2. The normalized spacial score (nSPS) is 10.4. The number of rotatable bonds is 4. The molecule has 0 aliphatic heterocycles. The fourth-order valence-corrected chi connectivity index (χ4v) is 2.00. The lowest BCUT2D eigenvalue weighted by molar-refractivity contribution is 0.0996. The van der Waals surface area contributed by atoms with Gasteiger partial charge < -0.3 is 11.5 Å². The van der Waals surface area contributed by atoms with Crippen LogP contribution in [-0.2, 0) is 6.54 Å². The van der Waals surface area contributed by atoms with Crippen LogP contribution in [0, 0.1) is 0 Å². The van der Waals surface area contributed by atoms with E-state index in [4.69, 9.17) is 46.3 Å². The number of benzene rings is 1. The summed E-state index contributed by atoms with van der Waals surface area (Å²) in [6.07, 6.45) is 0. The van der Waals surface area contributed by atoms with Gasteiger partial charge in [0.2, 0.25) is 0 Å². The van der Waals surface area contributed by atoms with Crippen molar-refractivity contribution in [2.75, 3.05) is 5.73 Å². The number of anilines is 1. The Bertz CT molecular complexity index is 704. The summed E-state index contributed by atoms with van der Waals surface area (Å²) in [5, 5.41) is 7.68.